The zero-order valence-corrected chi connectivity index (χ0v) is 18.1. The van der Waals surface area contributed by atoms with Crippen LogP contribution in [-0.4, -0.2) is 62.6 Å². The maximum absolute atomic E-state index is 13.4. The van der Waals surface area contributed by atoms with Crippen molar-refractivity contribution in [3.05, 3.63) is 54.0 Å². The molecular weight excluding hydrogens is 428 g/mol. The van der Waals surface area contributed by atoms with Crippen molar-refractivity contribution in [1.82, 2.24) is 9.21 Å². The van der Waals surface area contributed by atoms with Crippen molar-refractivity contribution in [2.75, 3.05) is 24.6 Å². The lowest BCUT2D eigenvalue weighted by Gasteiger charge is -2.28. The fourth-order valence-electron chi connectivity index (χ4n) is 3.99. The molecule has 0 radical (unpaired) electrons. The first-order valence-corrected chi connectivity index (χ1v) is 13.2. The molecule has 2 aromatic rings. The van der Waals surface area contributed by atoms with E-state index < -0.39 is 31.8 Å². The highest BCUT2D eigenvalue weighted by atomic mass is 32.2. The van der Waals surface area contributed by atoms with Crippen LogP contribution in [0.1, 0.15) is 35.4 Å². The van der Waals surface area contributed by atoms with Crippen LogP contribution in [0.25, 0.3) is 0 Å². The summed E-state index contributed by atoms with van der Waals surface area (Å²) in [6.07, 6.45) is 3.49. The zero-order valence-electron chi connectivity index (χ0n) is 16.4. The number of benzene rings is 1. The van der Waals surface area contributed by atoms with Gasteiger partial charge in [0.05, 0.1) is 29.2 Å². The van der Waals surface area contributed by atoms with Crippen molar-refractivity contribution >= 4 is 25.8 Å². The number of amides is 1. The molecule has 0 aliphatic carbocycles. The van der Waals surface area contributed by atoms with Crippen LogP contribution in [-0.2, 0) is 26.4 Å². The fourth-order valence-corrected chi connectivity index (χ4v) is 7.29. The van der Waals surface area contributed by atoms with Crippen LogP contribution in [0.2, 0.25) is 0 Å². The highest BCUT2D eigenvalue weighted by Gasteiger charge is 2.36. The number of sulfonamides is 1. The summed E-state index contributed by atoms with van der Waals surface area (Å²) >= 11 is 0. The highest BCUT2D eigenvalue weighted by Crippen LogP contribution is 2.25. The van der Waals surface area contributed by atoms with E-state index in [1.165, 1.54) is 27.6 Å². The molecule has 2 aliphatic rings. The number of rotatable bonds is 6. The molecule has 1 aromatic heterocycles. The third kappa shape index (κ3) is 4.30. The molecule has 0 spiro atoms. The van der Waals surface area contributed by atoms with Crippen LogP contribution >= 0.6 is 0 Å². The lowest BCUT2D eigenvalue weighted by Crippen LogP contribution is -2.40. The van der Waals surface area contributed by atoms with E-state index in [0.717, 1.165) is 12.8 Å². The molecule has 0 N–H and O–H groups in total. The Hall–Kier alpha value is -2.17. The van der Waals surface area contributed by atoms with Crippen molar-refractivity contribution in [2.24, 2.45) is 0 Å². The van der Waals surface area contributed by atoms with Gasteiger partial charge in [0.25, 0.3) is 5.91 Å². The predicted molar refractivity (Wildman–Crippen MR) is 110 cm³/mol. The van der Waals surface area contributed by atoms with E-state index in [1.54, 1.807) is 24.3 Å². The minimum Gasteiger partial charge on any atom is -0.467 e. The summed E-state index contributed by atoms with van der Waals surface area (Å²) in [7, 11) is -6.86. The Labute approximate surface area is 176 Å². The average molecular weight is 453 g/mol. The highest BCUT2D eigenvalue weighted by molar-refractivity contribution is 7.91. The third-order valence-corrected chi connectivity index (χ3v) is 9.25. The van der Waals surface area contributed by atoms with Gasteiger partial charge in [0.1, 0.15) is 5.76 Å². The van der Waals surface area contributed by atoms with E-state index in [9.17, 15) is 21.6 Å². The molecule has 30 heavy (non-hydrogen) atoms. The van der Waals surface area contributed by atoms with Gasteiger partial charge in [-0.1, -0.05) is 6.07 Å². The summed E-state index contributed by atoms with van der Waals surface area (Å²) < 4.78 is 56.5. The van der Waals surface area contributed by atoms with E-state index in [-0.39, 0.29) is 28.5 Å². The number of furan rings is 1. The van der Waals surface area contributed by atoms with Crippen LogP contribution in [0, 0.1) is 0 Å². The van der Waals surface area contributed by atoms with E-state index in [0.29, 0.717) is 25.3 Å². The Morgan fingerprint density at radius 2 is 1.93 bits per heavy atom. The fraction of sp³-hybridized carbons (Fsp3) is 0.450. The van der Waals surface area contributed by atoms with Crippen LogP contribution in [0.5, 0.6) is 0 Å². The van der Waals surface area contributed by atoms with Gasteiger partial charge in [-0.3, -0.25) is 4.79 Å². The van der Waals surface area contributed by atoms with Gasteiger partial charge in [-0.2, -0.15) is 4.31 Å². The van der Waals surface area contributed by atoms with Gasteiger partial charge < -0.3 is 9.32 Å². The van der Waals surface area contributed by atoms with E-state index >= 15 is 0 Å². The first-order chi connectivity index (χ1) is 14.3. The van der Waals surface area contributed by atoms with Crippen LogP contribution < -0.4 is 0 Å². The second-order valence-corrected chi connectivity index (χ2v) is 11.9. The molecule has 1 atom stereocenters. The molecular formula is C20H24N2O6S2. The Bertz CT molecular complexity index is 1120. The Kier molecular flexibility index (Phi) is 5.73. The minimum absolute atomic E-state index is 0.0307. The van der Waals surface area contributed by atoms with Gasteiger partial charge in [-0.25, -0.2) is 16.8 Å². The average Bonchev–Trinajstić information content (AvgIpc) is 3.48. The largest absolute Gasteiger partial charge is 0.467 e. The van der Waals surface area contributed by atoms with Crippen molar-refractivity contribution in [3.63, 3.8) is 0 Å². The summed E-state index contributed by atoms with van der Waals surface area (Å²) in [5.41, 5.74) is 0.214. The monoisotopic (exact) mass is 452 g/mol. The molecule has 10 heteroatoms. The van der Waals surface area contributed by atoms with Crippen LogP contribution in [0.3, 0.4) is 0 Å². The summed E-state index contributed by atoms with van der Waals surface area (Å²) in [5, 5.41) is 0. The molecule has 4 rings (SSSR count). The van der Waals surface area contributed by atoms with E-state index in [1.807, 2.05) is 0 Å². The molecule has 3 heterocycles. The lowest BCUT2D eigenvalue weighted by atomic mass is 10.1. The maximum atomic E-state index is 13.4. The SMILES string of the molecule is O=C(c1cccc(S(=O)(=O)N2CCCC2)c1)N(Cc1ccco1)[C@@H]1CCS(=O)(=O)C1. The number of sulfone groups is 1. The van der Waals surface area contributed by atoms with Crippen LogP contribution in [0.15, 0.2) is 52.0 Å². The molecule has 0 saturated carbocycles. The van der Waals surface area contributed by atoms with E-state index in [2.05, 4.69) is 0 Å². The normalized spacial score (nSPS) is 21.7. The number of nitrogens with zero attached hydrogens (tertiary/aromatic N) is 2. The summed E-state index contributed by atoms with van der Waals surface area (Å²) in [6.45, 7) is 1.07. The summed E-state index contributed by atoms with van der Waals surface area (Å²) in [6, 6.07) is 8.92. The molecule has 1 amide bonds. The van der Waals surface area contributed by atoms with Gasteiger partial charge >= 0.3 is 0 Å². The molecule has 8 nitrogen and oxygen atoms in total. The first-order valence-electron chi connectivity index (χ1n) is 9.90. The Morgan fingerprint density at radius 1 is 1.17 bits per heavy atom. The minimum atomic E-state index is -3.66. The molecule has 0 unspecified atom stereocenters. The predicted octanol–water partition coefficient (Wildman–Crippen LogP) is 1.89. The molecule has 2 saturated heterocycles. The summed E-state index contributed by atoms with van der Waals surface area (Å²) in [5.74, 6) is 0.0502. The number of carbonyl (C=O) groups is 1. The third-order valence-electron chi connectivity index (χ3n) is 5.60. The molecule has 2 fully saturated rings. The van der Waals surface area contributed by atoms with Gasteiger partial charge in [0, 0.05) is 24.7 Å². The van der Waals surface area contributed by atoms with Crippen molar-refractivity contribution in [1.29, 1.82) is 0 Å². The summed E-state index contributed by atoms with van der Waals surface area (Å²) in [4.78, 5) is 14.9. The maximum Gasteiger partial charge on any atom is 0.254 e. The molecule has 162 valence electrons. The number of carbonyl (C=O) groups excluding carboxylic acids is 1. The Morgan fingerprint density at radius 3 is 2.57 bits per heavy atom. The smallest absolute Gasteiger partial charge is 0.254 e. The van der Waals surface area contributed by atoms with Gasteiger partial charge in [0.15, 0.2) is 9.84 Å². The van der Waals surface area contributed by atoms with Gasteiger partial charge in [0.2, 0.25) is 10.0 Å². The lowest BCUT2D eigenvalue weighted by molar-refractivity contribution is 0.0666. The molecule has 2 aliphatic heterocycles. The van der Waals surface area contributed by atoms with Crippen molar-refractivity contribution in [2.45, 2.75) is 36.7 Å². The zero-order chi connectivity index (χ0) is 21.4. The second kappa shape index (κ2) is 8.16. The Balaban J connectivity index is 1.64. The van der Waals surface area contributed by atoms with Crippen molar-refractivity contribution in [3.8, 4) is 0 Å². The standard InChI is InChI=1S/C20H24N2O6S2/c23-20(16-5-3-7-19(13-16)30(26,27)21-9-1-2-10-21)22(14-18-6-4-11-28-18)17-8-12-29(24,25)15-17/h3-7,11,13,17H,1-2,8-10,12,14-15H2/t17-/m1/s1. The quantitative estimate of drug-likeness (QED) is 0.663. The molecule has 1 aromatic carbocycles. The van der Waals surface area contributed by atoms with E-state index in [4.69, 9.17) is 4.42 Å². The number of hydrogen-bond acceptors (Lipinski definition) is 6. The first kappa shape index (κ1) is 21.1. The van der Waals surface area contributed by atoms with Crippen molar-refractivity contribution < 1.29 is 26.0 Å². The second-order valence-electron chi connectivity index (χ2n) is 7.71. The van der Waals surface area contributed by atoms with Gasteiger partial charge in [-0.05, 0) is 49.6 Å². The van der Waals surface area contributed by atoms with Crippen LogP contribution in [0.4, 0.5) is 0 Å². The number of hydrogen-bond donors (Lipinski definition) is 0. The molecule has 0 bridgehead atoms. The van der Waals surface area contributed by atoms with Gasteiger partial charge in [-0.15, -0.1) is 0 Å². The topological polar surface area (TPSA) is 105 Å².